The number of rotatable bonds is 7. The van der Waals surface area contributed by atoms with Crippen molar-refractivity contribution in [1.29, 1.82) is 0 Å². The maximum Gasteiger partial charge on any atom is -0.0117 e. The fourth-order valence-corrected chi connectivity index (χ4v) is 2.21. The molecule has 16 heavy (non-hydrogen) atoms. The van der Waals surface area contributed by atoms with Crippen LogP contribution in [0.1, 0.15) is 62.1 Å². The maximum absolute atomic E-state index is 3.45. The van der Waals surface area contributed by atoms with Gasteiger partial charge in [0.2, 0.25) is 0 Å². The molecule has 0 bridgehead atoms. The van der Waals surface area contributed by atoms with Crippen LogP contribution in [0.25, 0.3) is 0 Å². The topological polar surface area (TPSA) is 0 Å². The van der Waals surface area contributed by atoms with Gasteiger partial charge in [0.25, 0.3) is 0 Å². The monoisotopic (exact) mass is 217 g/mol. The molecule has 1 aromatic carbocycles. The third-order valence-corrected chi connectivity index (χ3v) is 3.00. The predicted octanol–water partition coefficient (Wildman–Crippen LogP) is 5.01. The quantitative estimate of drug-likeness (QED) is 0.563. The van der Waals surface area contributed by atoms with E-state index >= 15 is 0 Å². The summed E-state index contributed by atoms with van der Waals surface area (Å²) in [5.74, 6) is 0. The molecule has 0 heterocycles. The fraction of sp³-hybridized carbons (Fsp3) is 0.625. The van der Waals surface area contributed by atoms with Crippen molar-refractivity contribution in [3.8, 4) is 0 Å². The smallest absolute Gasteiger partial charge is 0.0117 e. The number of aryl methyl sites for hydroxylation is 3. The Kier molecular flexibility index (Phi) is 6.22. The Balaban J connectivity index is 2.21. The lowest BCUT2D eigenvalue weighted by molar-refractivity contribution is 0.607. The standard InChI is InChI=1S/C16H25/c1-4-5-6-7-8-9-10-16-12-14(2)11-15(3)13-16/h11-12H,4-10H2,1-3H3. The Labute approximate surface area is 101 Å². The van der Waals surface area contributed by atoms with Gasteiger partial charge in [-0.15, -0.1) is 0 Å². The van der Waals surface area contributed by atoms with Gasteiger partial charge in [0.05, 0.1) is 0 Å². The van der Waals surface area contributed by atoms with Crippen LogP contribution in [0.5, 0.6) is 0 Å². The minimum atomic E-state index is 1.20. The minimum absolute atomic E-state index is 1.20. The SMILES string of the molecule is CCCCCCCCc1[c]c(C)cc(C)c1. The Morgan fingerprint density at radius 2 is 1.62 bits per heavy atom. The summed E-state index contributed by atoms with van der Waals surface area (Å²) in [4.78, 5) is 0. The predicted molar refractivity (Wildman–Crippen MR) is 71.8 cm³/mol. The normalized spacial score (nSPS) is 10.7. The second-order valence-electron chi connectivity index (χ2n) is 4.88. The average molecular weight is 217 g/mol. The number of benzene rings is 1. The molecule has 0 fully saturated rings. The fourth-order valence-electron chi connectivity index (χ4n) is 2.21. The van der Waals surface area contributed by atoms with Crippen LogP contribution in [0.4, 0.5) is 0 Å². The number of unbranched alkanes of at least 4 members (excludes halogenated alkanes) is 5. The summed E-state index contributed by atoms with van der Waals surface area (Å²) in [6, 6.07) is 7.93. The van der Waals surface area contributed by atoms with Gasteiger partial charge in [0.1, 0.15) is 0 Å². The van der Waals surface area contributed by atoms with Gasteiger partial charge in [-0.25, -0.2) is 0 Å². The van der Waals surface area contributed by atoms with E-state index in [9.17, 15) is 0 Å². The summed E-state index contributed by atoms with van der Waals surface area (Å²) in [7, 11) is 0. The van der Waals surface area contributed by atoms with Crippen LogP contribution in [0, 0.1) is 19.9 Å². The zero-order chi connectivity index (χ0) is 11.8. The molecule has 0 atom stereocenters. The molecule has 0 saturated carbocycles. The van der Waals surface area contributed by atoms with E-state index in [2.05, 4.69) is 39.0 Å². The Morgan fingerprint density at radius 1 is 0.938 bits per heavy atom. The molecule has 1 rings (SSSR count). The van der Waals surface area contributed by atoms with Gasteiger partial charge in [-0.05, 0) is 43.9 Å². The molecule has 89 valence electrons. The summed E-state index contributed by atoms with van der Waals surface area (Å²) >= 11 is 0. The Morgan fingerprint density at radius 3 is 2.31 bits per heavy atom. The molecule has 0 nitrogen and oxygen atoms in total. The molecular formula is C16H25. The molecule has 0 heteroatoms. The van der Waals surface area contributed by atoms with Crippen molar-refractivity contribution in [2.24, 2.45) is 0 Å². The van der Waals surface area contributed by atoms with E-state index in [1.165, 1.54) is 61.6 Å². The van der Waals surface area contributed by atoms with Gasteiger partial charge in [0.15, 0.2) is 0 Å². The zero-order valence-electron chi connectivity index (χ0n) is 11.1. The number of hydrogen-bond donors (Lipinski definition) is 0. The molecule has 0 unspecified atom stereocenters. The third kappa shape index (κ3) is 5.34. The van der Waals surface area contributed by atoms with E-state index in [0.717, 1.165) is 0 Å². The summed E-state index contributed by atoms with van der Waals surface area (Å²) in [6.45, 7) is 6.58. The van der Waals surface area contributed by atoms with Crippen molar-refractivity contribution in [2.45, 2.75) is 65.7 Å². The van der Waals surface area contributed by atoms with Crippen LogP contribution in [0.3, 0.4) is 0 Å². The molecule has 0 aromatic heterocycles. The Hall–Kier alpha value is -0.780. The molecule has 0 aliphatic heterocycles. The van der Waals surface area contributed by atoms with E-state index in [1.807, 2.05) is 0 Å². The first-order valence-corrected chi connectivity index (χ1v) is 6.72. The summed E-state index contributed by atoms with van der Waals surface area (Å²) in [6.07, 6.45) is 9.45. The van der Waals surface area contributed by atoms with Crippen LogP contribution >= 0.6 is 0 Å². The lowest BCUT2D eigenvalue weighted by Gasteiger charge is -2.04. The molecule has 0 saturated heterocycles. The molecule has 0 aliphatic rings. The molecule has 0 spiro atoms. The number of hydrogen-bond acceptors (Lipinski definition) is 0. The van der Waals surface area contributed by atoms with Crippen molar-refractivity contribution in [3.05, 3.63) is 34.9 Å². The highest BCUT2D eigenvalue weighted by molar-refractivity contribution is 5.27. The highest BCUT2D eigenvalue weighted by Crippen LogP contribution is 2.12. The molecule has 1 radical (unpaired) electrons. The van der Waals surface area contributed by atoms with Crippen molar-refractivity contribution >= 4 is 0 Å². The Bertz CT molecular complexity index is 279. The van der Waals surface area contributed by atoms with E-state index in [0.29, 0.717) is 0 Å². The van der Waals surface area contributed by atoms with E-state index in [1.54, 1.807) is 0 Å². The summed E-state index contributed by atoms with van der Waals surface area (Å²) in [5, 5.41) is 0. The second kappa shape index (κ2) is 7.49. The van der Waals surface area contributed by atoms with Gasteiger partial charge < -0.3 is 0 Å². The lowest BCUT2D eigenvalue weighted by atomic mass is 10.0. The second-order valence-corrected chi connectivity index (χ2v) is 4.88. The van der Waals surface area contributed by atoms with Gasteiger partial charge in [-0.1, -0.05) is 56.7 Å². The molecule has 0 N–H and O–H groups in total. The van der Waals surface area contributed by atoms with E-state index in [-0.39, 0.29) is 0 Å². The molecule has 1 aromatic rings. The molecular weight excluding hydrogens is 192 g/mol. The van der Waals surface area contributed by atoms with E-state index < -0.39 is 0 Å². The van der Waals surface area contributed by atoms with Crippen LogP contribution in [-0.4, -0.2) is 0 Å². The van der Waals surface area contributed by atoms with Crippen molar-refractivity contribution in [2.75, 3.05) is 0 Å². The van der Waals surface area contributed by atoms with Crippen LogP contribution in [-0.2, 0) is 6.42 Å². The van der Waals surface area contributed by atoms with E-state index in [4.69, 9.17) is 0 Å². The van der Waals surface area contributed by atoms with Crippen LogP contribution in [0.2, 0.25) is 0 Å². The molecule has 0 amide bonds. The van der Waals surface area contributed by atoms with Crippen molar-refractivity contribution in [3.63, 3.8) is 0 Å². The third-order valence-electron chi connectivity index (χ3n) is 3.00. The highest BCUT2D eigenvalue weighted by atomic mass is 14.0. The van der Waals surface area contributed by atoms with Gasteiger partial charge in [-0.3, -0.25) is 0 Å². The summed E-state index contributed by atoms with van der Waals surface area (Å²) < 4.78 is 0. The summed E-state index contributed by atoms with van der Waals surface area (Å²) in [5.41, 5.74) is 4.05. The highest BCUT2D eigenvalue weighted by Gasteiger charge is 1.97. The van der Waals surface area contributed by atoms with Crippen LogP contribution in [0.15, 0.2) is 12.1 Å². The molecule has 0 aliphatic carbocycles. The average Bonchev–Trinajstić information content (AvgIpc) is 2.22. The largest absolute Gasteiger partial charge is 0.0654 e. The minimum Gasteiger partial charge on any atom is -0.0654 e. The first-order chi connectivity index (χ1) is 7.72. The van der Waals surface area contributed by atoms with Gasteiger partial charge >= 0.3 is 0 Å². The lowest BCUT2D eigenvalue weighted by Crippen LogP contribution is -1.89. The van der Waals surface area contributed by atoms with Gasteiger partial charge in [0, 0.05) is 0 Å². The maximum atomic E-state index is 3.45. The first kappa shape index (κ1) is 13.3. The zero-order valence-corrected chi connectivity index (χ0v) is 11.1. The van der Waals surface area contributed by atoms with Crippen molar-refractivity contribution < 1.29 is 0 Å². The van der Waals surface area contributed by atoms with Crippen LogP contribution < -0.4 is 0 Å². The van der Waals surface area contributed by atoms with Crippen molar-refractivity contribution in [1.82, 2.24) is 0 Å². The first-order valence-electron chi connectivity index (χ1n) is 6.72. The van der Waals surface area contributed by atoms with Gasteiger partial charge in [-0.2, -0.15) is 0 Å².